The van der Waals surface area contributed by atoms with E-state index in [4.69, 9.17) is 10.00 Å². The number of halogens is 3. The fourth-order valence-corrected chi connectivity index (χ4v) is 1.46. The van der Waals surface area contributed by atoms with Crippen molar-refractivity contribution in [3.8, 4) is 11.8 Å². The Hall–Kier alpha value is -2.03. The zero-order chi connectivity index (χ0) is 13.2. The van der Waals surface area contributed by atoms with Crippen LogP contribution in [-0.4, -0.2) is 12.9 Å². The fourth-order valence-electron chi connectivity index (χ4n) is 1.46. The molecule has 90 valence electrons. The summed E-state index contributed by atoms with van der Waals surface area (Å²) in [6, 6.07) is 3.16. The minimum atomic E-state index is -4.68. The summed E-state index contributed by atoms with van der Waals surface area (Å²) >= 11 is 0. The number of ketones is 1. The molecule has 0 aliphatic heterocycles. The number of benzene rings is 1. The number of nitriles is 1. The highest BCUT2D eigenvalue weighted by atomic mass is 19.4. The summed E-state index contributed by atoms with van der Waals surface area (Å²) in [6.07, 6.45) is -4.68. The number of hydrogen-bond acceptors (Lipinski definition) is 3. The molecule has 0 bridgehead atoms. The highest BCUT2D eigenvalue weighted by Crippen LogP contribution is 2.36. The predicted octanol–water partition coefficient (Wildman–Crippen LogP) is 2.79. The Kier molecular flexibility index (Phi) is 3.42. The van der Waals surface area contributed by atoms with Crippen molar-refractivity contribution in [3.63, 3.8) is 0 Å². The summed E-state index contributed by atoms with van der Waals surface area (Å²) in [4.78, 5) is 11.3. The van der Waals surface area contributed by atoms with Crippen LogP contribution in [0.15, 0.2) is 12.1 Å². The van der Waals surface area contributed by atoms with Crippen LogP contribution in [0, 0.1) is 11.3 Å². The Morgan fingerprint density at radius 2 is 2.00 bits per heavy atom. The molecule has 0 aliphatic carbocycles. The number of methoxy groups -OCH3 is 1. The van der Waals surface area contributed by atoms with Gasteiger partial charge in [0.25, 0.3) is 0 Å². The standard InChI is InChI=1S/C11H8F3NO2/c1-6(16)10-7(5-15)8(11(12,13)14)3-4-9(10)17-2/h3-4H,1-2H3. The second-order valence-corrected chi connectivity index (χ2v) is 3.23. The lowest BCUT2D eigenvalue weighted by Crippen LogP contribution is -2.12. The van der Waals surface area contributed by atoms with Gasteiger partial charge in [0.1, 0.15) is 11.8 Å². The molecule has 1 aromatic carbocycles. The number of nitrogens with zero attached hydrogens (tertiary/aromatic N) is 1. The molecule has 0 radical (unpaired) electrons. The molecule has 0 heterocycles. The lowest BCUT2D eigenvalue weighted by Gasteiger charge is -2.13. The molecule has 3 nitrogen and oxygen atoms in total. The average Bonchev–Trinajstić information content (AvgIpc) is 2.25. The van der Waals surface area contributed by atoms with Crippen molar-refractivity contribution in [2.75, 3.05) is 7.11 Å². The molecular weight excluding hydrogens is 235 g/mol. The predicted molar refractivity (Wildman–Crippen MR) is 52.7 cm³/mol. The number of hydrogen-bond donors (Lipinski definition) is 0. The molecule has 0 N–H and O–H groups in total. The van der Waals surface area contributed by atoms with Crippen LogP contribution in [0.4, 0.5) is 13.2 Å². The number of alkyl halides is 3. The molecule has 0 saturated heterocycles. The number of Topliss-reactive ketones (excluding diaryl/α,β-unsaturated/α-hetero) is 1. The normalized spacial score (nSPS) is 10.8. The zero-order valence-corrected chi connectivity index (χ0v) is 9.05. The van der Waals surface area contributed by atoms with Gasteiger partial charge in [0.15, 0.2) is 5.78 Å². The summed E-state index contributed by atoms with van der Waals surface area (Å²) in [7, 11) is 1.22. The van der Waals surface area contributed by atoms with Crippen molar-refractivity contribution in [1.82, 2.24) is 0 Å². The lowest BCUT2D eigenvalue weighted by atomic mass is 9.98. The van der Waals surface area contributed by atoms with Crippen LogP contribution in [0.3, 0.4) is 0 Å². The van der Waals surface area contributed by atoms with Crippen LogP contribution in [-0.2, 0) is 6.18 Å². The Bertz CT molecular complexity index is 501. The molecule has 1 rings (SSSR count). The largest absolute Gasteiger partial charge is 0.496 e. The maximum Gasteiger partial charge on any atom is 0.417 e. The molecule has 0 atom stereocenters. The summed E-state index contributed by atoms with van der Waals surface area (Å²) in [5.41, 5.74) is -2.18. The topological polar surface area (TPSA) is 50.1 Å². The van der Waals surface area contributed by atoms with Gasteiger partial charge in [-0.05, 0) is 19.1 Å². The van der Waals surface area contributed by atoms with Gasteiger partial charge >= 0.3 is 6.18 Å². The van der Waals surface area contributed by atoms with Gasteiger partial charge in [-0.2, -0.15) is 18.4 Å². The number of carbonyl (C=O) groups excluding carboxylic acids is 1. The minimum Gasteiger partial charge on any atom is -0.496 e. The van der Waals surface area contributed by atoms with Gasteiger partial charge in [0.05, 0.1) is 23.8 Å². The average molecular weight is 243 g/mol. The van der Waals surface area contributed by atoms with Crippen LogP contribution >= 0.6 is 0 Å². The Morgan fingerprint density at radius 3 is 2.35 bits per heavy atom. The van der Waals surface area contributed by atoms with Crippen molar-refractivity contribution in [2.24, 2.45) is 0 Å². The Balaban J connectivity index is 3.66. The highest BCUT2D eigenvalue weighted by Gasteiger charge is 2.36. The van der Waals surface area contributed by atoms with Gasteiger partial charge in [0.2, 0.25) is 0 Å². The second-order valence-electron chi connectivity index (χ2n) is 3.23. The molecule has 0 saturated carbocycles. The zero-order valence-electron chi connectivity index (χ0n) is 9.05. The Labute approximate surface area is 95.4 Å². The van der Waals surface area contributed by atoms with Gasteiger partial charge in [-0.25, -0.2) is 0 Å². The SMILES string of the molecule is COc1ccc(C(F)(F)F)c(C#N)c1C(C)=O. The van der Waals surface area contributed by atoms with E-state index in [9.17, 15) is 18.0 Å². The Morgan fingerprint density at radius 1 is 1.41 bits per heavy atom. The number of rotatable bonds is 2. The van der Waals surface area contributed by atoms with Crippen LogP contribution < -0.4 is 4.74 Å². The molecule has 6 heteroatoms. The van der Waals surface area contributed by atoms with Crippen molar-refractivity contribution >= 4 is 5.78 Å². The lowest BCUT2D eigenvalue weighted by molar-refractivity contribution is -0.137. The molecule has 1 aromatic rings. The van der Waals surface area contributed by atoms with E-state index in [1.54, 1.807) is 0 Å². The van der Waals surface area contributed by atoms with E-state index in [-0.39, 0.29) is 11.3 Å². The molecule has 0 amide bonds. The monoisotopic (exact) mass is 243 g/mol. The van der Waals surface area contributed by atoms with Crippen LogP contribution in [0.2, 0.25) is 0 Å². The van der Waals surface area contributed by atoms with E-state index >= 15 is 0 Å². The maximum atomic E-state index is 12.6. The third kappa shape index (κ3) is 2.38. The molecule has 0 aromatic heterocycles. The van der Waals surface area contributed by atoms with E-state index in [0.29, 0.717) is 0 Å². The summed E-state index contributed by atoms with van der Waals surface area (Å²) in [6.45, 7) is 1.08. The van der Waals surface area contributed by atoms with Gasteiger partial charge in [-0.15, -0.1) is 0 Å². The number of carbonyl (C=O) groups is 1. The van der Waals surface area contributed by atoms with Crippen molar-refractivity contribution in [2.45, 2.75) is 13.1 Å². The second kappa shape index (κ2) is 4.45. The molecule has 0 spiro atoms. The fraction of sp³-hybridized carbons (Fsp3) is 0.273. The first kappa shape index (κ1) is 13.0. The molecule has 0 fully saturated rings. The number of ether oxygens (including phenoxy) is 1. The van der Waals surface area contributed by atoms with E-state index in [1.165, 1.54) is 13.2 Å². The van der Waals surface area contributed by atoms with Crippen molar-refractivity contribution in [1.29, 1.82) is 5.26 Å². The van der Waals surface area contributed by atoms with Crippen LogP contribution in [0.5, 0.6) is 5.75 Å². The van der Waals surface area contributed by atoms with E-state index in [0.717, 1.165) is 19.1 Å². The summed E-state index contributed by atoms with van der Waals surface area (Å²) < 4.78 is 42.6. The summed E-state index contributed by atoms with van der Waals surface area (Å²) in [5.74, 6) is -0.688. The van der Waals surface area contributed by atoms with E-state index in [1.807, 2.05) is 0 Å². The van der Waals surface area contributed by atoms with Crippen molar-refractivity contribution < 1.29 is 22.7 Å². The third-order valence-electron chi connectivity index (χ3n) is 2.16. The highest BCUT2D eigenvalue weighted by molar-refractivity contribution is 5.99. The first-order valence-corrected chi connectivity index (χ1v) is 4.52. The molecule has 0 aliphatic rings. The first-order chi connectivity index (χ1) is 7.82. The smallest absolute Gasteiger partial charge is 0.417 e. The van der Waals surface area contributed by atoms with E-state index in [2.05, 4.69) is 0 Å². The molecule has 0 unspecified atom stereocenters. The van der Waals surface area contributed by atoms with Crippen LogP contribution in [0.1, 0.15) is 28.4 Å². The van der Waals surface area contributed by atoms with Crippen molar-refractivity contribution in [3.05, 3.63) is 28.8 Å². The first-order valence-electron chi connectivity index (χ1n) is 4.52. The minimum absolute atomic E-state index is 0.0398. The quantitative estimate of drug-likeness (QED) is 0.750. The third-order valence-corrected chi connectivity index (χ3v) is 2.16. The van der Waals surface area contributed by atoms with Gasteiger partial charge in [-0.1, -0.05) is 0 Å². The molecule has 17 heavy (non-hydrogen) atoms. The van der Waals surface area contributed by atoms with E-state index < -0.39 is 23.1 Å². The van der Waals surface area contributed by atoms with Crippen LogP contribution in [0.25, 0.3) is 0 Å². The van der Waals surface area contributed by atoms with Gasteiger partial charge in [0, 0.05) is 0 Å². The molecular formula is C11H8F3NO2. The summed E-state index contributed by atoms with van der Waals surface area (Å²) in [5, 5.41) is 8.77. The maximum absolute atomic E-state index is 12.6. The van der Waals surface area contributed by atoms with Gasteiger partial charge in [-0.3, -0.25) is 4.79 Å². The van der Waals surface area contributed by atoms with Gasteiger partial charge < -0.3 is 4.74 Å².